The lowest BCUT2D eigenvalue weighted by atomic mass is 10.2. The molecular formula is C9H15NO4. The fourth-order valence-electron chi connectivity index (χ4n) is 0.724. The Labute approximate surface area is 82.9 Å². The molecule has 0 saturated carbocycles. The SMILES string of the molecule is COC(=O)C(N)CC=CCOC(C)=O. The Kier molecular flexibility index (Phi) is 6.39. The Morgan fingerprint density at radius 2 is 2.07 bits per heavy atom. The molecular weight excluding hydrogens is 186 g/mol. The Hall–Kier alpha value is -1.36. The number of carbonyl (C=O) groups excluding carboxylic acids is 2. The zero-order chi connectivity index (χ0) is 11.0. The first kappa shape index (κ1) is 12.6. The highest BCUT2D eigenvalue weighted by atomic mass is 16.5. The van der Waals surface area contributed by atoms with Crippen molar-refractivity contribution in [2.75, 3.05) is 13.7 Å². The van der Waals surface area contributed by atoms with E-state index in [1.54, 1.807) is 12.2 Å². The molecule has 0 fully saturated rings. The highest BCUT2D eigenvalue weighted by molar-refractivity contribution is 5.75. The van der Waals surface area contributed by atoms with Crippen molar-refractivity contribution in [3.63, 3.8) is 0 Å². The first-order valence-corrected chi connectivity index (χ1v) is 4.19. The van der Waals surface area contributed by atoms with Crippen LogP contribution in [0.2, 0.25) is 0 Å². The summed E-state index contributed by atoms with van der Waals surface area (Å²) in [6.07, 6.45) is 3.67. The monoisotopic (exact) mass is 201 g/mol. The van der Waals surface area contributed by atoms with E-state index in [0.29, 0.717) is 6.42 Å². The van der Waals surface area contributed by atoms with Crippen LogP contribution in [0.1, 0.15) is 13.3 Å². The van der Waals surface area contributed by atoms with Crippen LogP contribution in [0.4, 0.5) is 0 Å². The smallest absolute Gasteiger partial charge is 0.322 e. The lowest BCUT2D eigenvalue weighted by Crippen LogP contribution is -2.30. The summed E-state index contributed by atoms with van der Waals surface area (Å²) < 4.78 is 9.05. The summed E-state index contributed by atoms with van der Waals surface area (Å²) in [5.74, 6) is -0.797. The highest BCUT2D eigenvalue weighted by Gasteiger charge is 2.10. The number of methoxy groups -OCH3 is 1. The fourth-order valence-corrected chi connectivity index (χ4v) is 0.724. The molecule has 0 spiro atoms. The van der Waals surface area contributed by atoms with Crippen LogP contribution in [-0.4, -0.2) is 31.7 Å². The van der Waals surface area contributed by atoms with E-state index in [9.17, 15) is 9.59 Å². The molecule has 0 aliphatic rings. The first-order chi connectivity index (χ1) is 6.57. The van der Waals surface area contributed by atoms with Gasteiger partial charge in [-0.3, -0.25) is 9.59 Å². The molecule has 80 valence electrons. The molecule has 0 heterocycles. The van der Waals surface area contributed by atoms with E-state index >= 15 is 0 Å². The number of carbonyl (C=O) groups is 2. The minimum absolute atomic E-state index is 0.198. The Bertz CT molecular complexity index is 225. The summed E-state index contributed by atoms with van der Waals surface area (Å²) in [6.45, 7) is 1.53. The summed E-state index contributed by atoms with van der Waals surface area (Å²) in [5, 5.41) is 0. The molecule has 0 aromatic carbocycles. The molecule has 14 heavy (non-hydrogen) atoms. The van der Waals surface area contributed by atoms with Crippen LogP contribution >= 0.6 is 0 Å². The third kappa shape index (κ3) is 6.19. The lowest BCUT2D eigenvalue weighted by molar-refractivity contribution is -0.142. The van der Waals surface area contributed by atoms with Gasteiger partial charge >= 0.3 is 11.9 Å². The molecule has 0 amide bonds. The zero-order valence-electron chi connectivity index (χ0n) is 8.36. The van der Waals surface area contributed by atoms with Crippen LogP contribution in [0.3, 0.4) is 0 Å². The van der Waals surface area contributed by atoms with Crippen molar-refractivity contribution in [2.24, 2.45) is 5.73 Å². The van der Waals surface area contributed by atoms with Gasteiger partial charge in [-0.15, -0.1) is 0 Å². The average Bonchev–Trinajstić information content (AvgIpc) is 2.15. The minimum Gasteiger partial charge on any atom is -0.468 e. The molecule has 0 bridgehead atoms. The van der Waals surface area contributed by atoms with Crippen molar-refractivity contribution >= 4 is 11.9 Å². The van der Waals surface area contributed by atoms with Gasteiger partial charge in [0.25, 0.3) is 0 Å². The summed E-state index contributed by atoms with van der Waals surface area (Å²) >= 11 is 0. The number of ether oxygens (including phenoxy) is 2. The van der Waals surface area contributed by atoms with Crippen LogP contribution in [0, 0.1) is 0 Å². The maximum atomic E-state index is 10.8. The van der Waals surface area contributed by atoms with Gasteiger partial charge in [0.05, 0.1) is 7.11 Å². The van der Waals surface area contributed by atoms with Crippen molar-refractivity contribution in [1.82, 2.24) is 0 Å². The van der Waals surface area contributed by atoms with E-state index in [4.69, 9.17) is 5.73 Å². The molecule has 1 atom stereocenters. The van der Waals surface area contributed by atoms with Crippen LogP contribution in [0.15, 0.2) is 12.2 Å². The van der Waals surface area contributed by atoms with Crippen LogP contribution in [0.5, 0.6) is 0 Å². The van der Waals surface area contributed by atoms with Gasteiger partial charge in [-0.05, 0) is 6.42 Å². The molecule has 2 N–H and O–H groups in total. The summed E-state index contributed by atoms with van der Waals surface area (Å²) in [7, 11) is 1.28. The molecule has 0 aromatic heterocycles. The molecule has 0 aliphatic carbocycles. The predicted octanol–water partition coefficient (Wildman–Crippen LogP) is -0.00390. The number of hydrogen-bond acceptors (Lipinski definition) is 5. The van der Waals surface area contributed by atoms with Gasteiger partial charge in [0, 0.05) is 6.92 Å². The fraction of sp³-hybridized carbons (Fsp3) is 0.556. The molecule has 0 rings (SSSR count). The van der Waals surface area contributed by atoms with Crippen molar-refractivity contribution in [3.05, 3.63) is 12.2 Å². The average molecular weight is 201 g/mol. The van der Waals surface area contributed by atoms with Gasteiger partial charge in [0.15, 0.2) is 0 Å². The molecule has 0 aliphatic heterocycles. The van der Waals surface area contributed by atoms with Gasteiger partial charge in [0.2, 0.25) is 0 Å². The van der Waals surface area contributed by atoms with E-state index in [0.717, 1.165) is 0 Å². The maximum absolute atomic E-state index is 10.8. The van der Waals surface area contributed by atoms with Gasteiger partial charge in [-0.25, -0.2) is 0 Å². The third-order valence-corrected chi connectivity index (χ3v) is 1.44. The maximum Gasteiger partial charge on any atom is 0.322 e. The van der Waals surface area contributed by atoms with E-state index < -0.39 is 12.0 Å². The third-order valence-electron chi connectivity index (χ3n) is 1.44. The standard InChI is InChI=1S/C9H15NO4/c1-7(11)14-6-4-3-5-8(10)9(12)13-2/h3-4,8H,5-6,10H2,1-2H3. The van der Waals surface area contributed by atoms with Gasteiger partial charge in [0.1, 0.15) is 12.6 Å². The second-order valence-corrected chi connectivity index (χ2v) is 2.64. The predicted molar refractivity (Wildman–Crippen MR) is 50.4 cm³/mol. The van der Waals surface area contributed by atoms with Crippen molar-refractivity contribution < 1.29 is 19.1 Å². The Morgan fingerprint density at radius 3 is 2.57 bits per heavy atom. The quantitative estimate of drug-likeness (QED) is 0.500. The summed E-state index contributed by atoms with van der Waals surface area (Å²) in [6, 6.07) is -0.659. The molecule has 0 aromatic rings. The second kappa shape index (κ2) is 7.08. The van der Waals surface area contributed by atoms with Crippen molar-refractivity contribution in [3.8, 4) is 0 Å². The minimum atomic E-state index is -0.659. The van der Waals surface area contributed by atoms with E-state index in [1.165, 1.54) is 14.0 Å². The summed E-state index contributed by atoms with van der Waals surface area (Å²) in [4.78, 5) is 21.2. The largest absolute Gasteiger partial charge is 0.468 e. The zero-order valence-corrected chi connectivity index (χ0v) is 8.36. The lowest BCUT2D eigenvalue weighted by Gasteiger charge is -2.04. The van der Waals surface area contributed by atoms with E-state index in [-0.39, 0.29) is 12.6 Å². The first-order valence-electron chi connectivity index (χ1n) is 4.19. The summed E-state index contributed by atoms with van der Waals surface area (Å²) in [5.41, 5.74) is 5.44. The number of nitrogens with two attached hydrogens (primary N) is 1. The van der Waals surface area contributed by atoms with Gasteiger partial charge in [-0.2, -0.15) is 0 Å². The van der Waals surface area contributed by atoms with Crippen LogP contribution in [-0.2, 0) is 19.1 Å². The Morgan fingerprint density at radius 1 is 1.43 bits per heavy atom. The molecule has 5 heteroatoms. The van der Waals surface area contributed by atoms with Crippen molar-refractivity contribution in [2.45, 2.75) is 19.4 Å². The highest BCUT2D eigenvalue weighted by Crippen LogP contribution is 1.93. The topological polar surface area (TPSA) is 78.6 Å². The molecule has 1 unspecified atom stereocenters. The molecule has 0 radical (unpaired) electrons. The second-order valence-electron chi connectivity index (χ2n) is 2.64. The molecule has 5 nitrogen and oxygen atoms in total. The van der Waals surface area contributed by atoms with Crippen LogP contribution < -0.4 is 5.73 Å². The van der Waals surface area contributed by atoms with Gasteiger partial charge in [-0.1, -0.05) is 12.2 Å². The Balaban J connectivity index is 3.60. The van der Waals surface area contributed by atoms with Crippen molar-refractivity contribution in [1.29, 1.82) is 0 Å². The number of esters is 2. The normalized spacial score (nSPS) is 12.5. The van der Waals surface area contributed by atoms with E-state index in [2.05, 4.69) is 9.47 Å². The number of hydrogen-bond donors (Lipinski definition) is 1. The van der Waals surface area contributed by atoms with E-state index in [1.807, 2.05) is 0 Å². The molecule has 0 saturated heterocycles. The van der Waals surface area contributed by atoms with Crippen LogP contribution in [0.25, 0.3) is 0 Å². The number of rotatable bonds is 5. The van der Waals surface area contributed by atoms with Gasteiger partial charge < -0.3 is 15.2 Å².